The molecule has 1 N–H and O–H groups in total. The molecule has 1 fully saturated rings. The summed E-state index contributed by atoms with van der Waals surface area (Å²) in [6.07, 6.45) is 3.87. The SMILES string of the molecule is Cc1noc(C)c1C(=O)NCC1CCN(c2cnc3ccccc3n2)CC1. The molecule has 0 unspecified atom stereocenters. The number of hydrogen-bond acceptors (Lipinski definition) is 6. The van der Waals surface area contributed by atoms with Gasteiger partial charge >= 0.3 is 0 Å². The van der Waals surface area contributed by atoms with Gasteiger partial charge < -0.3 is 14.7 Å². The predicted octanol–water partition coefficient (Wildman–Crippen LogP) is 2.88. The van der Waals surface area contributed by atoms with Crippen LogP contribution >= 0.6 is 0 Å². The number of nitrogens with one attached hydrogen (secondary N) is 1. The van der Waals surface area contributed by atoms with Gasteiger partial charge in [0.1, 0.15) is 17.1 Å². The summed E-state index contributed by atoms with van der Waals surface area (Å²) >= 11 is 0. The highest BCUT2D eigenvalue weighted by Crippen LogP contribution is 2.23. The van der Waals surface area contributed by atoms with Crippen molar-refractivity contribution in [1.29, 1.82) is 0 Å². The van der Waals surface area contributed by atoms with E-state index in [2.05, 4.69) is 20.4 Å². The average molecular weight is 365 g/mol. The molecule has 0 bridgehead atoms. The normalized spacial score (nSPS) is 15.3. The summed E-state index contributed by atoms with van der Waals surface area (Å²) < 4.78 is 5.07. The number of piperidine rings is 1. The molecule has 7 heteroatoms. The van der Waals surface area contributed by atoms with Crippen molar-refractivity contribution < 1.29 is 9.32 Å². The minimum Gasteiger partial charge on any atom is -0.361 e. The van der Waals surface area contributed by atoms with E-state index in [-0.39, 0.29) is 5.91 Å². The zero-order valence-electron chi connectivity index (χ0n) is 15.6. The van der Waals surface area contributed by atoms with Crippen LogP contribution in [-0.4, -0.2) is 40.7 Å². The van der Waals surface area contributed by atoms with Crippen molar-refractivity contribution in [2.24, 2.45) is 5.92 Å². The van der Waals surface area contributed by atoms with Crippen LogP contribution in [0.15, 0.2) is 35.0 Å². The van der Waals surface area contributed by atoms with Crippen LogP contribution in [0.4, 0.5) is 5.82 Å². The zero-order valence-corrected chi connectivity index (χ0v) is 15.6. The number of nitrogens with zero attached hydrogens (tertiary/aromatic N) is 4. The summed E-state index contributed by atoms with van der Waals surface area (Å²) in [6, 6.07) is 7.91. The molecule has 0 aliphatic carbocycles. The van der Waals surface area contributed by atoms with Crippen LogP contribution in [0.1, 0.15) is 34.7 Å². The zero-order chi connectivity index (χ0) is 18.8. The van der Waals surface area contributed by atoms with Crippen molar-refractivity contribution in [2.75, 3.05) is 24.5 Å². The topological polar surface area (TPSA) is 84.2 Å². The molecule has 0 saturated carbocycles. The number of hydrogen-bond donors (Lipinski definition) is 1. The highest BCUT2D eigenvalue weighted by atomic mass is 16.5. The van der Waals surface area contributed by atoms with Crippen molar-refractivity contribution in [1.82, 2.24) is 20.4 Å². The largest absolute Gasteiger partial charge is 0.361 e. The number of aromatic nitrogens is 3. The van der Waals surface area contributed by atoms with Gasteiger partial charge in [0.2, 0.25) is 0 Å². The number of para-hydroxylation sites is 2. The Morgan fingerprint density at radius 2 is 1.96 bits per heavy atom. The number of anilines is 1. The van der Waals surface area contributed by atoms with Crippen LogP contribution in [0.25, 0.3) is 11.0 Å². The lowest BCUT2D eigenvalue weighted by atomic mass is 9.96. The van der Waals surface area contributed by atoms with Crippen molar-refractivity contribution in [2.45, 2.75) is 26.7 Å². The molecule has 1 aliphatic rings. The van der Waals surface area contributed by atoms with Crippen LogP contribution in [-0.2, 0) is 0 Å². The molecular formula is C20H23N5O2. The third-order valence-corrected chi connectivity index (χ3v) is 5.19. The molecule has 0 spiro atoms. The molecule has 2 aromatic heterocycles. The van der Waals surface area contributed by atoms with E-state index < -0.39 is 0 Å². The third-order valence-electron chi connectivity index (χ3n) is 5.19. The monoisotopic (exact) mass is 365 g/mol. The van der Waals surface area contributed by atoms with Gasteiger partial charge in [0.15, 0.2) is 0 Å². The summed E-state index contributed by atoms with van der Waals surface area (Å²) in [6.45, 7) is 6.05. The van der Waals surface area contributed by atoms with E-state index >= 15 is 0 Å². The number of rotatable bonds is 4. The van der Waals surface area contributed by atoms with Crippen molar-refractivity contribution in [3.8, 4) is 0 Å². The lowest BCUT2D eigenvalue weighted by molar-refractivity contribution is 0.0943. The first-order valence-electron chi connectivity index (χ1n) is 9.29. The van der Waals surface area contributed by atoms with Crippen LogP contribution < -0.4 is 10.2 Å². The lowest BCUT2D eigenvalue weighted by Crippen LogP contribution is -2.39. The van der Waals surface area contributed by atoms with Gasteiger partial charge in [-0.3, -0.25) is 9.78 Å². The summed E-state index contributed by atoms with van der Waals surface area (Å²) in [5, 5.41) is 6.87. The van der Waals surface area contributed by atoms with Crippen LogP contribution in [0.3, 0.4) is 0 Å². The summed E-state index contributed by atoms with van der Waals surface area (Å²) in [4.78, 5) is 23.9. The fraction of sp³-hybridized carbons (Fsp3) is 0.400. The van der Waals surface area contributed by atoms with Crippen LogP contribution in [0, 0.1) is 19.8 Å². The molecule has 0 atom stereocenters. The van der Waals surface area contributed by atoms with Gasteiger partial charge in [-0.25, -0.2) is 4.98 Å². The first-order chi connectivity index (χ1) is 13.1. The Balaban J connectivity index is 1.32. The smallest absolute Gasteiger partial charge is 0.256 e. The van der Waals surface area contributed by atoms with Crippen molar-refractivity contribution in [3.63, 3.8) is 0 Å². The van der Waals surface area contributed by atoms with E-state index in [1.807, 2.05) is 30.5 Å². The highest BCUT2D eigenvalue weighted by Gasteiger charge is 2.23. The first kappa shape index (κ1) is 17.5. The number of fused-ring (bicyclic) bond motifs is 1. The van der Waals surface area contributed by atoms with Gasteiger partial charge in [-0.2, -0.15) is 0 Å². The number of benzene rings is 1. The lowest BCUT2D eigenvalue weighted by Gasteiger charge is -2.32. The Bertz CT molecular complexity index is 940. The van der Waals surface area contributed by atoms with E-state index in [1.54, 1.807) is 13.8 Å². The number of amides is 1. The van der Waals surface area contributed by atoms with E-state index in [1.165, 1.54) is 0 Å². The molecule has 7 nitrogen and oxygen atoms in total. The standard InChI is InChI=1S/C20H23N5O2/c1-13-19(14(2)27-24-13)20(26)22-11-15-7-9-25(10-8-15)18-12-21-16-5-3-4-6-17(16)23-18/h3-6,12,15H,7-11H2,1-2H3,(H,22,26). The van der Waals surface area contributed by atoms with Gasteiger partial charge in [-0.05, 0) is 44.7 Å². The molecule has 1 amide bonds. The van der Waals surface area contributed by atoms with Crippen molar-refractivity contribution in [3.05, 3.63) is 47.5 Å². The van der Waals surface area contributed by atoms with Gasteiger partial charge in [0, 0.05) is 19.6 Å². The number of carbonyl (C=O) groups is 1. The summed E-state index contributed by atoms with van der Waals surface area (Å²) in [7, 11) is 0. The van der Waals surface area contributed by atoms with Gasteiger partial charge in [0.25, 0.3) is 5.91 Å². The Labute approximate surface area is 157 Å². The van der Waals surface area contributed by atoms with E-state index in [0.29, 0.717) is 29.5 Å². The number of carbonyl (C=O) groups excluding carboxylic acids is 1. The number of aryl methyl sites for hydroxylation is 2. The first-order valence-corrected chi connectivity index (χ1v) is 9.29. The molecule has 27 heavy (non-hydrogen) atoms. The molecule has 3 aromatic rings. The molecule has 1 saturated heterocycles. The van der Waals surface area contributed by atoms with Gasteiger partial charge in [0.05, 0.1) is 22.9 Å². The maximum Gasteiger partial charge on any atom is 0.256 e. The van der Waals surface area contributed by atoms with Crippen LogP contribution in [0.5, 0.6) is 0 Å². The molecule has 4 rings (SSSR count). The van der Waals surface area contributed by atoms with Gasteiger partial charge in [-0.15, -0.1) is 0 Å². The fourth-order valence-corrected chi connectivity index (χ4v) is 3.60. The molecule has 0 radical (unpaired) electrons. The van der Waals surface area contributed by atoms with E-state index in [4.69, 9.17) is 9.51 Å². The molecular weight excluding hydrogens is 342 g/mol. The van der Waals surface area contributed by atoms with E-state index in [0.717, 1.165) is 42.8 Å². The quantitative estimate of drug-likeness (QED) is 0.765. The summed E-state index contributed by atoms with van der Waals surface area (Å²) in [5.74, 6) is 1.84. The minimum absolute atomic E-state index is 0.103. The predicted molar refractivity (Wildman–Crippen MR) is 103 cm³/mol. The Morgan fingerprint density at radius 1 is 1.22 bits per heavy atom. The minimum atomic E-state index is -0.103. The maximum atomic E-state index is 12.4. The Hall–Kier alpha value is -2.96. The third kappa shape index (κ3) is 3.63. The molecule has 1 aliphatic heterocycles. The second-order valence-corrected chi connectivity index (χ2v) is 7.06. The van der Waals surface area contributed by atoms with Crippen molar-refractivity contribution >= 4 is 22.8 Å². The Kier molecular flexibility index (Phi) is 4.75. The fourth-order valence-electron chi connectivity index (χ4n) is 3.60. The second-order valence-electron chi connectivity index (χ2n) is 7.06. The van der Waals surface area contributed by atoms with Crippen LogP contribution in [0.2, 0.25) is 0 Å². The molecule has 1 aromatic carbocycles. The second kappa shape index (κ2) is 7.34. The summed E-state index contributed by atoms with van der Waals surface area (Å²) in [5.41, 5.74) is 3.02. The Morgan fingerprint density at radius 3 is 2.67 bits per heavy atom. The molecule has 140 valence electrons. The van der Waals surface area contributed by atoms with Gasteiger partial charge in [-0.1, -0.05) is 17.3 Å². The molecule has 3 heterocycles. The highest BCUT2D eigenvalue weighted by molar-refractivity contribution is 5.96. The average Bonchev–Trinajstić information content (AvgIpc) is 3.04. The van der Waals surface area contributed by atoms with E-state index in [9.17, 15) is 4.79 Å². The maximum absolute atomic E-state index is 12.4.